The summed E-state index contributed by atoms with van der Waals surface area (Å²) in [7, 11) is 0. The average Bonchev–Trinajstić information content (AvgIpc) is 3.03. The van der Waals surface area contributed by atoms with Crippen molar-refractivity contribution in [2.24, 2.45) is 11.8 Å². The minimum atomic E-state index is -0.479. The monoisotopic (exact) mass is 371 g/mol. The first-order chi connectivity index (χ1) is 12.5. The third-order valence-corrected chi connectivity index (χ3v) is 5.07. The van der Waals surface area contributed by atoms with Gasteiger partial charge in [0, 0.05) is 27.8 Å². The number of esters is 1. The largest absolute Gasteiger partial charge is 0.461 e. The van der Waals surface area contributed by atoms with Gasteiger partial charge in [-0.2, -0.15) is 5.10 Å². The summed E-state index contributed by atoms with van der Waals surface area (Å²) in [5.41, 5.74) is 2.60. The number of fused-ring (bicyclic) bond motifs is 1. The summed E-state index contributed by atoms with van der Waals surface area (Å²) in [4.78, 5) is 28.5. The number of H-pyrrole nitrogens is 1. The van der Waals surface area contributed by atoms with E-state index in [9.17, 15) is 9.59 Å². The normalized spacial score (nSPS) is 18.7. The van der Waals surface area contributed by atoms with Crippen molar-refractivity contribution in [3.05, 3.63) is 57.2 Å². The maximum atomic E-state index is 13.0. The third-order valence-electron chi connectivity index (χ3n) is 4.75. The van der Waals surface area contributed by atoms with Gasteiger partial charge in [0.1, 0.15) is 0 Å². The molecule has 26 heavy (non-hydrogen) atoms. The van der Waals surface area contributed by atoms with Crippen LogP contribution in [-0.4, -0.2) is 28.6 Å². The van der Waals surface area contributed by atoms with Gasteiger partial charge in [-0.3, -0.25) is 9.89 Å². The lowest BCUT2D eigenvalue weighted by atomic mass is 9.75. The second-order valence-corrected chi connectivity index (χ2v) is 6.79. The molecule has 1 aliphatic carbocycles. The van der Waals surface area contributed by atoms with Crippen molar-refractivity contribution in [3.8, 4) is 0 Å². The summed E-state index contributed by atoms with van der Waals surface area (Å²) in [6.45, 7) is 11.2. The molecule has 0 aliphatic heterocycles. The van der Waals surface area contributed by atoms with E-state index in [1.807, 2.05) is 6.92 Å². The zero-order valence-corrected chi connectivity index (χ0v) is 15.3. The summed E-state index contributed by atoms with van der Waals surface area (Å²) in [6.07, 6.45) is 1.04. The van der Waals surface area contributed by atoms with Gasteiger partial charge in [0.25, 0.3) is 0 Å². The molecule has 0 bridgehead atoms. The number of benzene rings is 1. The summed E-state index contributed by atoms with van der Waals surface area (Å²) in [5, 5.41) is 7.32. The molecule has 2 atom stereocenters. The number of hydrogen-bond acceptors (Lipinski definition) is 4. The fourth-order valence-corrected chi connectivity index (χ4v) is 3.52. The number of nitrogens with zero attached hydrogens (tertiary/aromatic N) is 2. The van der Waals surface area contributed by atoms with Crippen molar-refractivity contribution in [2.75, 3.05) is 6.61 Å². The third kappa shape index (κ3) is 3.23. The van der Waals surface area contributed by atoms with E-state index in [2.05, 4.69) is 15.0 Å². The van der Waals surface area contributed by atoms with E-state index in [0.29, 0.717) is 23.4 Å². The number of carbonyl (C=O) groups excluding carboxylic acids is 2. The van der Waals surface area contributed by atoms with Crippen molar-refractivity contribution < 1.29 is 14.3 Å². The minimum absolute atomic E-state index is 0.0549. The first kappa shape index (κ1) is 18.2. The van der Waals surface area contributed by atoms with Gasteiger partial charge in [0.2, 0.25) is 5.69 Å². The first-order valence-corrected chi connectivity index (χ1v) is 8.78. The smallest absolute Gasteiger partial charge is 0.359 e. The quantitative estimate of drug-likeness (QED) is 0.500. The zero-order valence-electron chi connectivity index (χ0n) is 14.5. The topological polar surface area (TPSA) is 76.4 Å². The molecule has 0 saturated heterocycles. The molecule has 1 unspecified atom stereocenters. The van der Waals surface area contributed by atoms with Crippen LogP contribution in [0.3, 0.4) is 0 Å². The number of aromatic amines is 1. The predicted octanol–water partition coefficient (Wildman–Crippen LogP) is 4.02. The Labute approximate surface area is 156 Å². The molecule has 1 heterocycles. The molecular formula is C19H18ClN3O3. The molecule has 2 aromatic rings. The number of halogens is 1. The summed E-state index contributed by atoms with van der Waals surface area (Å²) in [6, 6.07) is 4.74. The number of ether oxygens (including phenoxy) is 1. The van der Waals surface area contributed by atoms with E-state index in [1.165, 1.54) is 6.07 Å². The average molecular weight is 372 g/mol. The molecule has 1 N–H and O–H groups in total. The Morgan fingerprint density at radius 2 is 2.19 bits per heavy atom. The SMILES string of the molecule is [C-]#[N+]c1cc(C(=O)C2Cc3c(C(=O)OCC)n[nH]c3C[C@H]2C)ccc1Cl. The molecule has 0 amide bonds. The molecule has 3 rings (SSSR count). The van der Waals surface area contributed by atoms with Crippen LogP contribution in [0.1, 0.15) is 46.0 Å². The first-order valence-electron chi connectivity index (χ1n) is 8.40. The second kappa shape index (κ2) is 7.30. The van der Waals surface area contributed by atoms with Gasteiger partial charge in [-0.25, -0.2) is 9.64 Å². The number of hydrogen-bond donors (Lipinski definition) is 1. The van der Waals surface area contributed by atoms with Crippen molar-refractivity contribution in [3.63, 3.8) is 0 Å². The van der Waals surface area contributed by atoms with E-state index in [0.717, 1.165) is 11.3 Å². The van der Waals surface area contributed by atoms with Crippen LogP contribution in [0.5, 0.6) is 0 Å². The van der Waals surface area contributed by atoms with Crippen molar-refractivity contribution in [2.45, 2.75) is 26.7 Å². The van der Waals surface area contributed by atoms with Crippen LogP contribution in [0.4, 0.5) is 5.69 Å². The molecule has 1 aliphatic rings. The van der Waals surface area contributed by atoms with Gasteiger partial charge in [0.05, 0.1) is 13.2 Å². The van der Waals surface area contributed by atoms with Crippen molar-refractivity contribution in [1.29, 1.82) is 0 Å². The number of Topliss-reactive ketones (excluding diaryl/α,β-unsaturated/α-hetero) is 1. The molecular weight excluding hydrogens is 354 g/mol. The van der Waals surface area contributed by atoms with Gasteiger partial charge in [-0.1, -0.05) is 30.7 Å². The maximum absolute atomic E-state index is 13.0. The molecule has 1 aromatic heterocycles. The fraction of sp³-hybridized carbons (Fsp3) is 0.368. The van der Waals surface area contributed by atoms with Crippen LogP contribution >= 0.6 is 11.6 Å². The van der Waals surface area contributed by atoms with Crippen LogP contribution in [0, 0.1) is 18.4 Å². The molecule has 1 aromatic carbocycles. The van der Waals surface area contributed by atoms with Crippen LogP contribution in [0.2, 0.25) is 5.02 Å². The summed E-state index contributed by atoms with van der Waals surface area (Å²) < 4.78 is 5.05. The number of aromatic nitrogens is 2. The van der Waals surface area contributed by atoms with Crippen molar-refractivity contribution in [1.82, 2.24) is 10.2 Å². The van der Waals surface area contributed by atoms with E-state index >= 15 is 0 Å². The molecule has 0 fully saturated rings. The lowest BCUT2D eigenvalue weighted by Gasteiger charge is -2.28. The van der Waals surface area contributed by atoms with Gasteiger partial charge in [-0.15, -0.1) is 0 Å². The summed E-state index contributed by atoms with van der Waals surface area (Å²) in [5.74, 6) is -0.751. The van der Waals surface area contributed by atoms with Gasteiger partial charge in [0.15, 0.2) is 11.5 Å². The maximum Gasteiger partial charge on any atom is 0.359 e. The Morgan fingerprint density at radius 3 is 2.88 bits per heavy atom. The van der Waals surface area contributed by atoms with Gasteiger partial charge < -0.3 is 4.74 Å². The van der Waals surface area contributed by atoms with E-state index in [-0.39, 0.29) is 35.6 Å². The predicted molar refractivity (Wildman–Crippen MR) is 96.7 cm³/mol. The van der Waals surface area contributed by atoms with Gasteiger partial charge in [-0.05, 0) is 31.7 Å². The van der Waals surface area contributed by atoms with Crippen LogP contribution in [0.25, 0.3) is 4.85 Å². The Hall–Kier alpha value is -2.65. The lowest BCUT2D eigenvalue weighted by molar-refractivity contribution is 0.0516. The molecule has 7 heteroatoms. The number of ketones is 1. The Kier molecular flexibility index (Phi) is 5.10. The molecule has 6 nitrogen and oxygen atoms in total. The van der Waals surface area contributed by atoms with Gasteiger partial charge >= 0.3 is 5.97 Å². The molecule has 0 spiro atoms. The van der Waals surface area contributed by atoms with Crippen LogP contribution in [-0.2, 0) is 17.6 Å². The second-order valence-electron chi connectivity index (χ2n) is 6.38. The van der Waals surface area contributed by atoms with E-state index < -0.39 is 5.97 Å². The Morgan fingerprint density at radius 1 is 1.42 bits per heavy atom. The standard InChI is InChI=1S/C19H18ClN3O3/c1-4-26-19(25)17-13-9-12(10(2)7-15(13)22-23-17)18(24)11-5-6-14(20)16(8-11)21-3/h5-6,8,10,12H,4,7,9H2,1-2H3,(H,22,23)/t10-,12?/m1/s1. The number of rotatable bonds is 4. The highest BCUT2D eigenvalue weighted by molar-refractivity contribution is 6.33. The fourth-order valence-electron chi connectivity index (χ4n) is 3.36. The highest BCUT2D eigenvalue weighted by Gasteiger charge is 2.35. The number of carbonyl (C=O) groups is 2. The molecule has 0 radical (unpaired) electrons. The minimum Gasteiger partial charge on any atom is -0.461 e. The lowest BCUT2D eigenvalue weighted by Crippen LogP contribution is -2.30. The highest BCUT2D eigenvalue weighted by atomic mass is 35.5. The van der Waals surface area contributed by atoms with Crippen LogP contribution in [0.15, 0.2) is 18.2 Å². The zero-order chi connectivity index (χ0) is 18.8. The Bertz CT molecular complexity index is 913. The van der Waals surface area contributed by atoms with E-state index in [4.69, 9.17) is 22.9 Å². The van der Waals surface area contributed by atoms with Crippen molar-refractivity contribution >= 4 is 29.0 Å². The highest BCUT2D eigenvalue weighted by Crippen LogP contribution is 2.34. The summed E-state index contributed by atoms with van der Waals surface area (Å²) >= 11 is 5.96. The van der Waals surface area contributed by atoms with Crippen LogP contribution < -0.4 is 0 Å². The number of nitrogens with one attached hydrogen (secondary N) is 1. The molecule has 0 saturated carbocycles. The van der Waals surface area contributed by atoms with E-state index in [1.54, 1.807) is 19.1 Å². The molecule has 134 valence electrons. The Balaban J connectivity index is 1.91.